The highest BCUT2D eigenvalue weighted by molar-refractivity contribution is 5.76. The zero-order chi connectivity index (χ0) is 17.1. The predicted octanol–water partition coefficient (Wildman–Crippen LogP) is 0.995. The Kier molecular flexibility index (Phi) is 4.78. The molecule has 0 radical (unpaired) electrons. The van der Waals surface area contributed by atoms with Gasteiger partial charge in [-0.2, -0.15) is 4.98 Å². The van der Waals surface area contributed by atoms with E-state index in [0.717, 1.165) is 38.2 Å². The monoisotopic (exact) mass is 329 g/mol. The van der Waals surface area contributed by atoms with E-state index in [-0.39, 0.29) is 18.1 Å². The van der Waals surface area contributed by atoms with Gasteiger partial charge in [0.05, 0.1) is 6.33 Å². The molecule has 0 bridgehead atoms. The Morgan fingerprint density at radius 2 is 2.21 bits per heavy atom. The molecule has 3 rings (SSSR count). The van der Waals surface area contributed by atoms with E-state index in [1.807, 2.05) is 30.4 Å². The molecule has 2 aromatic heterocycles. The van der Waals surface area contributed by atoms with Crippen LogP contribution in [0.5, 0.6) is 0 Å². The second kappa shape index (κ2) is 6.98. The number of rotatable bonds is 4. The molecule has 0 saturated carbocycles. The summed E-state index contributed by atoms with van der Waals surface area (Å²) in [6, 6.07) is 1.83. The molecular weight excluding hydrogens is 306 g/mol. The largest absolute Gasteiger partial charge is 0.348 e. The number of aromatic nitrogens is 4. The van der Waals surface area contributed by atoms with Crippen LogP contribution in [0, 0.1) is 19.8 Å². The Balaban J connectivity index is 1.65. The van der Waals surface area contributed by atoms with Gasteiger partial charge in [0.2, 0.25) is 5.91 Å². The van der Waals surface area contributed by atoms with Gasteiger partial charge in [-0.15, -0.1) is 0 Å². The molecule has 1 aliphatic rings. The average molecular weight is 329 g/mol. The standard InChI is InChI=1S/C17H23N5O2/c1-13-8-14(2)22(17(24)19-13)11-16(23)21-6-3-4-15(10-21)9-20-7-5-18-12-20/h5,7-8,12,15H,3-4,6,9-11H2,1-2H3/t15-/m1/s1. The highest BCUT2D eigenvalue weighted by Gasteiger charge is 2.24. The van der Waals surface area contributed by atoms with Gasteiger partial charge >= 0.3 is 5.69 Å². The van der Waals surface area contributed by atoms with Gasteiger partial charge in [-0.1, -0.05) is 0 Å². The van der Waals surface area contributed by atoms with E-state index in [0.29, 0.717) is 11.6 Å². The zero-order valence-electron chi connectivity index (χ0n) is 14.2. The van der Waals surface area contributed by atoms with Crippen LogP contribution >= 0.6 is 0 Å². The van der Waals surface area contributed by atoms with Crippen LogP contribution in [-0.4, -0.2) is 43.0 Å². The van der Waals surface area contributed by atoms with Gasteiger partial charge in [0, 0.05) is 43.4 Å². The third-order valence-corrected chi connectivity index (χ3v) is 4.54. The molecule has 0 unspecified atom stereocenters. The maximum absolute atomic E-state index is 12.6. The summed E-state index contributed by atoms with van der Waals surface area (Å²) in [6.07, 6.45) is 7.62. The Bertz CT molecular complexity index is 766. The number of nitrogens with zero attached hydrogens (tertiary/aromatic N) is 5. The van der Waals surface area contributed by atoms with Crippen molar-refractivity contribution in [1.29, 1.82) is 0 Å². The zero-order valence-corrected chi connectivity index (χ0v) is 14.2. The van der Waals surface area contributed by atoms with Gasteiger partial charge < -0.3 is 9.47 Å². The normalized spacial score (nSPS) is 17.9. The van der Waals surface area contributed by atoms with Crippen LogP contribution in [0.4, 0.5) is 0 Å². The quantitative estimate of drug-likeness (QED) is 0.839. The first-order valence-electron chi connectivity index (χ1n) is 8.31. The number of piperidine rings is 1. The van der Waals surface area contributed by atoms with Crippen molar-refractivity contribution in [2.75, 3.05) is 13.1 Å². The number of likely N-dealkylation sites (tertiary alicyclic amines) is 1. The molecule has 2 aromatic rings. The summed E-state index contributed by atoms with van der Waals surface area (Å²) in [4.78, 5) is 34.5. The average Bonchev–Trinajstić information content (AvgIpc) is 3.04. The van der Waals surface area contributed by atoms with Gasteiger partial charge in [-0.3, -0.25) is 9.36 Å². The summed E-state index contributed by atoms with van der Waals surface area (Å²) in [5.41, 5.74) is 1.10. The van der Waals surface area contributed by atoms with E-state index in [1.54, 1.807) is 13.1 Å². The Morgan fingerprint density at radius 3 is 2.92 bits per heavy atom. The molecule has 1 atom stereocenters. The number of imidazole rings is 1. The molecule has 3 heterocycles. The lowest BCUT2D eigenvalue weighted by molar-refractivity contribution is -0.133. The maximum atomic E-state index is 12.6. The number of carbonyl (C=O) groups excluding carboxylic acids is 1. The summed E-state index contributed by atoms with van der Waals surface area (Å²) >= 11 is 0. The smallest absolute Gasteiger partial charge is 0.341 e. The van der Waals surface area contributed by atoms with E-state index >= 15 is 0 Å². The van der Waals surface area contributed by atoms with Crippen LogP contribution in [0.25, 0.3) is 0 Å². The fraction of sp³-hybridized carbons (Fsp3) is 0.529. The maximum Gasteiger partial charge on any atom is 0.348 e. The number of carbonyl (C=O) groups is 1. The van der Waals surface area contributed by atoms with Crippen LogP contribution in [0.2, 0.25) is 0 Å². The number of hydrogen-bond acceptors (Lipinski definition) is 4. The fourth-order valence-electron chi connectivity index (χ4n) is 3.34. The molecule has 1 amide bonds. The minimum absolute atomic E-state index is 0.0128. The predicted molar refractivity (Wildman–Crippen MR) is 89.5 cm³/mol. The van der Waals surface area contributed by atoms with Crippen LogP contribution in [-0.2, 0) is 17.9 Å². The van der Waals surface area contributed by atoms with Crippen LogP contribution in [0.3, 0.4) is 0 Å². The summed E-state index contributed by atoms with van der Waals surface area (Å²) in [5.74, 6) is 0.409. The van der Waals surface area contributed by atoms with Crippen molar-refractivity contribution in [3.63, 3.8) is 0 Å². The molecule has 7 heteroatoms. The number of hydrogen-bond donors (Lipinski definition) is 0. The van der Waals surface area contributed by atoms with Crippen molar-refractivity contribution in [3.05, 3.63) is 46.7 Å². The van der Waals surface area contributed by atoms with E-state index in [2.05, 4.69) is 14.5 Å². The lowest BCUT2D eigenvalue weighted by Crippen LogP contribution is -2.44. The molecule has 0 aromatic carbocycles. The summed E-state index contributed by atoms with van der Waals surface area (Å²) in [6.45, 7) is 6.04. The van der Waals surface area contributed by atoms with Gasteiger partial charge in [0.25, 0.3) is 0 Å². The highest BCUT2D eigenvalue weighted by Crippen LogP contribution is 2.18. The van der Waals surface area contributed by atoms with E-state index in [9.17, 15) is 9.59 Å². The van der Waals surface area contributed by atoms with E-state index in [1.165, 1.54) is 4.57 Å². The molecule has 0 N–H and O–H groups in total. The first-order chi connectivity index (χ1) is 11.5. The summed E-state index contributed by atoms with van der Waals surface area (Å²) in [5, 5.41) is 0. The Labute approximate surface area is 141 Å². The number of aryl methyl sites for hydroxylation is 2. The molecule has 0 spiro atoms. The number of amides is 1. The van der Waals surface area contributed by atoms with Gasteiger partial charge in [-0.25, -0.2) is 9.78 Å². The first kappa shape index (κ1) is 16.4. The molecular formula is C17H23N5O2. The molecule has 128 valence electrons. The van der Waals surface area contributed by atoms with Crippen molar-refractivity contribution in [2.24, 2.45) is 5.92 Å². The van der Waals surface area contributed by atoms with Crippen molar-refractivity contribution < 1.29 is 4.79 Å². The molecule has 1 fully saturated rings. The lowest BCUT2D eigenvalue weighted by atomic mass is 9.98. The third-order valence-electron chi connectivity index (χ3n) is 4.54. The highest BCUT2D eigenvalue weighted by atomic mass is 16.2. The van der Waals surface area contributed by atoms with Gasteiger partial charge in [0.15, 0.2) is 0 Å². The summed E-state index contributed by atoms with van der Waals surface area (Å²) < 4.78 is 3.51. The Morgan fingerprint density at radius 1 is 1.38 bits per heavy atom. The molecule has 24 heavy (non-hydrogen) atoms. The van der Waals surface area contributed by atoms with Crippen LogP contribution < -0.4 is 5.69 Å². The molecule has 1 saturated heterocycles. The van der Waals surface area contributed by atoms with Crippen molar-refractivity contribution in [3.8, 4) is 0 Å². The van der Waals surface area contributed by atoms with Gasteiger partial charge in [0.1, 0.15) is 6.54 Å². The van der Waals surface area contributed by atoms with E-state index < -0.39 is 0 Å². The minimum atomic E-state index is -0.354. The van der Waals surface area contributed by atoms with Crippen molar-refractivity contribution in [1.82, 2.24) is 24.0 Å². The second-order valence-corrected chi connectivity index (χ2v) is 6.52. The van der Waals surface area contributed by atoms with Crippen LogP contribution in [0.1, 0.15) is 24.2 Å². The Hall–Kier alpha value is -2.44. The second-order valence-electron chi connectivity index (χ2n) is 6.52. The molecule has 0 aliphatic carbocycles. The molecule has 7 nitrogen and oxygen atoms in total. The molecule has 1 aliphatic heterocycles. The van der Waals surface area contributed by atoms with Gasteiger partial charge in [-0.05, 0) is 38.7 Å². The SMILES string of the molecule is Cc1cc(C)n(CC(=O)N2CCC[C@H](Cn3ccnc3)C2)c(=O)n1. The van der Waals surface area contributed by atoms with Crippen LogP contribution in [0.15, 0.2) is 29.6 Å². The third kappa shape index (κ3) is 3.72. The minimum Gasteiger partial charge on any atom is -0.341 e. The fourth-order valence-corrected chi connectivity index (χ4v) is 3.34. The topological polar surface area (TPSA) is 73.0 Å². The van der Waals surface area contributed by atoms with E-state index in [4.69, 9.17) is 0 Å². The van der Waals surface area contributed by atoms with Crippen molar-refractivity contribution in [2.45, 2.75) is 39.8 Å². The first-order valence-corrected chi connectivity index (χ1v) is 8.31. The van der Waals surface area contributed by atoms with Crippen molar-refractivity contribution >= 4 is 5.91 Å². The summed E-state index contributed by atoms with van der Waals surface area (Å²) in [7, 11) is 0. The lowest BCUT2D eigenvalue weighted by Gasteiger charge is -2.33.